The number of amides is 1. The molecule has 4 heterocycles. The van der Waals surface area contributed by atoms with Crippen LogP contribution < -0.4 is 0 Å². The first-order chi connectivity index (χ1) is 34.1. The molecule has 0 spiro atoms. The van der Waals surface area contributed by atoms with Crippen molar-refractivity contribution in [1.29, 1.82) is 0 Å². The average Bonchev–Trinajstić information content (AvgIpc) is 3.34. The van der Waals surface area contributed by atoms with Gasteiger partial charge >= 0.3 is 13.6 Å². The fourth-order valence-electron chi connectivity index (χ4n) is 11.6. The molecule has 5 rings (SSSR count). The predicted octanol–water partition coefficient (Wildman–Crippen LogP) is 6.91. The summed E-state index contributed by atoms with van der Waals surface area (Å²) < 4.78 is 59.7. The van der Waals surface area contributed by atoms with Gasteiger partial charge in [0.25, 0.3) is 11.7 Å². The van der Waals surface area contributed by atoms with Crippen LogP contribution in [0.25, 0.3) is 0 Å². The van der Waals surface area contributed by atoms with Crippen molar-refractivity contribution in [3.63, 3.8) is 0 Å². The Morgan fingerprint density at radius 1 is 0.847 bits per heavy atom. The number of aliphatic hydroxyl groups excluding tert-OH is 1. The number of hydrogen-bond donors (Lipinski definition) is 2. The van der Waals surface area contributed by atoms with Gasteiger partial charge in [0, 0.05) is 78.2 Å². The number of ether oxygens (including phenoxy) is 6. The lowest BCUT2D eigenvalue weighted by molar-refractivity contribution is -0.266. The van der Waals surface area contributed by atoms with Gasteiger partial charge < -0.3 is 52.6 Å². The van der Waals surface area contributed by atoms with Crippen LogP contribution in [0, 0.1) is 41.4 Å². The van der Waals surface area contributed by atoms with Crippen LogP contribution in [0.4, 0.5) is 0 Å². The van der Waals surface area contributed by atoms with E-state index in [-0.39, 0.29) is 49.6 Å². The number of carbonyl (C=O) groups excluding carboxylic acids is 5. The second-order valence-electron chi connectivity index (χ2n) is 21.2. The molecule has 1 aliphatic carbocycles. The normalized spacial score (nSPS) is 40.6. The molecule has 1 saturated carbocycles. The lowest BCUT2D eigenvalue weighted by Gasteiger charge is -2.50. The fourth-order valence-corrected chi connectivity index (χ4v) is 12.8. The summed E-state index contributed by atoms with van der Waals surface area (Å²) in [5.74, 6) is -8.90. The zero-order valence-corrected chi connectivity index (χ0v) is 45.4. The van der Waals surface area contributed by atoms with E-state index in [0.717, 1.165) is 5.57 Å². The highest BCUT2D eigenvalue weighted by atomic mass is 31.2. The van der Waals surface area contributed by atoms with Crippen molar-refractivity contribution in [2.45, 2.75) is 167 Å². The molecule has 72 heavy (non-hydrogen) atoms. The van der Waals surface area contributed by atoms with E-state index >= 15 is 0 Å². The summed E-state index contributed by atoms with van der Waals surface area (Å²) in [6.45, 7) is 12.6. The number of hydrogen-bond acceptors (Lipinski definition) is 16. The van der Waals surface area contributed by atoms with Gasteiger partial charge in [0.15, 0.2) is 5.78 Å². The molecule has 17 atom stereocenters. The van der Waals surface area contributed by atoms with Crippen molar-refractivity contribution in [2.75, 3.05) is 54.9 Å². The lowest BCUT2D eigenvalue weighted by Crippen LogP contribution is -2.65. The molecule has 4 fully saturated rings. The fraction of sp³-hybridized carbons (Fsp3) is 0.759. The van der Waals surface area contributed by atoms with E-state index in [4.69, 9.17) is 37.5 Å². The molecule has 4 aliphatic heterocycles. The maximum Gasteiger partial charge on any atom is 0.329 e. The Hall–Kier alpha value is -3.22. The van der Waals surface area contributed by atoms with E-state index < -0.39 is 109 Å². The first-order valence-corrected chi connectivity index (χ1v) is 28.0. The summed E-state index contributed by atoms with van der Waals surface area (Å²) in [6, 6.07) is -1.17. The number of nitrogens with zero attached hydrogens (tertiary/aromatic N) is 1. The summed E-state index contributed by atoms with van der Waals surface area (Å²) in [5, 5.41) is 23.6. The second kappa shape index (κ2) is 27.0. The van der Waals surface area contributed by atoms with Crippen LogP contribution in [-0.4, -0.2) is 154 Å². The van der Waals surface area contributed by atoms with Crippen LogP contribution in [0.2, 0.25) is 0 Å². The van der Waals surface area contributed by atoms with Gasteiger partial charge in [-0.3, -0.25) is 23.7 Å². The van der Waals surface area contributed by atoms with Crippen molar-refractivity contribution in [2.24, 2.45) is 41.4 Å². The number of aliphatic hydroxyl groups is 2. The number of piperidine rings is 1. The number of fused-ring (bicyclic) bond motifs is 4. The summed E-state index contributed by atoms with van der Waals surface area (Å²) in [7, 11) is 2.57. The van der Waals surface area contributed by atoms with Gasteiger partial charge in [-0.25, -0.2) is 4.79 Å². The maximum absolute atomic E-state index is 14.6. The smallest absolute Gasteiger partial charge is 0.329 e. The van der Waals surface area contributed by atoms with Gasteiger partial charge in [-0.15, -0.1) is 0 Å². The van der Waals surface area contributed by atoms with E-state index in [0.29, 0.717) is 69.8 Å². The minimum Gasteiger partial charge on any atom is -0.460 e. The molecule has 0 aromatic heterocycles. The van der Waals surface area contributed by atoms with Crippen LogP contribution in [0.5, 0.6) is 0 Å². The first kappa shape index (κ1) is 59.7. The zero-order chi connectivity index (χ0) is 53.1. The van der Waals surface area contributed by atoms with Crippen LogP contribution in [-0.2, 0) is 66.0 Å². The molecular formula is C54H84NO16P. The molecule has 17 nitrogen and oxygen atoms in total. The van der Waals surface area contributed by atoms with E-state index in [9.17, 15) is 38.8 Å². The molecule has 1 amide bonds. The van der Waals surface area contributed by atoms with E-state index in [1.54, 1.807) is 41.1 Å². The van der Waals surface area contributed by atoms with Gasteiger partial charge in [-0.2, -0.15) is 0 Å². The minimum atomic E-state index is -3.46. The third-order valence-electron chi connectivity index (χ3n) is 15.8. The Balaban J connectivity index is 1.50. The van der Waals surface area contributed by atoms with Crippen LogP contribution in [0.1, 0.15) is 112 Å². The number of allylic oxidation sites excluding steroid dienone is 6. The van der Waals surface area contributed by atoms with Gasteiger partial charge in [-0.1, -0.05) is 64.2 Å². The quantitative estimate of drug-likeness (QED) is 0.0706. The third kappa shape index (κ3) is 15.0. The summed E-state index contributed by atoms with van der Waals surface area (Å²) in [6.07, 6.45) is 10.2. The second-order valence-corrected chi connectivity index (χ2v) is 23.2. The molecule has 2 N–H and O–H groups in total. The highest BCUT2D eigenvalue weighted by molar-refractivity contribution is 7.53. The van der Waals surface area contributed by atoms with Gasteiger partial charge in [0.05, 0.1) is 37.6 Å². The average molecular weight is 1030 g/mol. The standard InChI is InChI=1S/C54H84NO16P/c1-32-16-13-12-14-17-33(2)44(65-8)30-39-21-19-37(6)54(62,70-39)51(59)52(60)55-23-15-18-40-41(28-38-20-22-43(46(29-38)66-9)71-72(11,63)68-25-24-64-7)45(69-53(61)47(40)55)31-42(56)34(3)27-36(5)49(58)50(67-10)48(57)35(4)26-32/h12-14,16-17,27,32,34-35,37-41,43-47,49-50,58,62H,15,18-26,28-31H2,1-11H3/b14-12+,16-13+,33-17+,36-27+/t32-,34-,35?,37?,38?,39+,40?,41+,43-,44+,45+,46?,47?,49?,50+,54?,72?/m1/s1. The van der Waals surface area contributed by atoms with Gasteiger partial charge in [-0.05, 0) is 101 Å². The Labute approximate surface area is 427 Å². The highest BCUT2D eigenvalue weighted by Crippen LogP contribution is 2.50. The SMILES string of the molecule is COCCOP(C)(=O)O[C@@H]1CCC(C[C@H]2C3CCCN4C(=O)C(=O)C5(O)O[C@@H](CCC5C)C[C@H](OC)/C(C)=C/C=C/C=C/[C@@H](C)CC(C)C(=O)[C@H](OC)C(O)/C(C)=C/[C@@H](C)C(=O)C[C@@H]2OC(=O)C34)CC1OC. The maximum atomic E-state index is 14.6. The number of methoxy groups -OCH3 is 4. The summed E-state index contributed by atoms with van der Waals surface area (Å²) >= 11 is 0. The Bertz CT molecular complexity index is 2050. The van der Waals surface area contributed by atoms with Gasteiger partial charge in [0.1, 0.15) is 30.1 Å². The first-order valence-electron chi connectivity index (χ1n) is 26.0. The van der Waals surface area contributed by atoms with Crippen molar-refractivity contribution in [1.82, 2.24) is 4.90 Å². The van der Waals surface area contributed by atoms with Crippen molar-refractivity contribution in [3.05, 3.63) is 47.6 Å². The predicted molar refractivity (Wildman–Crippen MR) is 269 cm³/mol. The monoisotopic (exact) mass is 1030 g/mol. The molecule has 0 aromatic rings. The van der Waals surface area contributed by atoms with E-state index in [1.807, 2.05) is 51.2 Å². The van der Waals surface area contributed by atoms with Crippen LogP contribution in [0.15, 0.2) is 47.6 Å². The Morgan fingerprint density at radius 3 is 2.26 bits per heavy atom. The van der Waals surface area contributed by atoms with Crippen molar-refractivity contribution < 1.29 is 76.2 Å². The molecule has 0 aromatic carbocycles. The summed E-state index contributed by atoms with van der Waals surface area (Å²) in [5.41, 5.74) is 1.25. The third-order valence-corrected chi connectivity index (χ3v) is 17.1. The molecule has 9 unspecified atom stereocenters. The molecule has 18 heteroatoms. The molecule has 3 saturated heterocycles. The zero-order valence-electron chi connectivity index (χ0n) is 44.5. The lowest BCUT2D eigenvalue weighted by atomic mass is 9.68. The van der Waals surface area contributed by atoms with Crippen LogP contribution in [0.3, 0.4) is 0 Å². The molecular weight excluding hydrogens is 950 g/mol. The topological polar surface area (TPSA) is 220 Å². The number of carbonyl (C=O) groups is 5. The van der Waals surface area contributed by atoms with Crippen molar-refractivity contribution >= 4 is 36.8 Å². The number of esters is 1. The van der Waals surface area contributed by atoms with Gasteiger partial charge in [0.2, 0.25) is 5.79 Å². The molecule has 5 aliphatic rings. The van der Waals surface area contributed by atoms with Crippen LogP contribution >= 0.6 is 7.60 Å². The number of Topliss-reactive ketones (excluding diaryl/α,β-unsaturated/α-hetero) is 3. The molecule has 4 bridgehead atoms. The molecule has 406 valence electrons. The van der Waals surface area contributed by atoms with E-state index in [1.165, 1.54) is 25.8 Å². The number of ketones is 3. The van der Waals surface area contributed by atoms with E-state index in [2.05, 4.69) is 0 Å². The summed E-state index contributed by atoms with van der Waals surface area (Å²) in [4.78, 5) is 72.8. The largest absolute Gasteiger partial charge is 0.460 e. The Morgan fingerprint density at radius 2 is 1.58 bits per heavy atom. The Kier molecular flexibility index (Phi) is 22.4. The molecule has 0 radical (unpaired) electrons. The van der Waals surface area contributed by atoms with Crippen molar-refractivity contribution in [3.8, 4) is 0 Å². The highest BCUT2D eigenvalue weighted by Gasteiger charge is 2.57. The minimum absolute atomic E-state index is 0.00661. The number of rotatable bonds is 11.